The Morgan fingerprint density at radius 1 is 1.09 bits per heavy atom. The lowest BCUT2D eigenvalue weighted by Gasteiger charge is -2.30. The number of nitrogens with one attached hydrogen (secondary N) is 2. The van der Waals surface area contributed by atoms with Crippen molar-refractivity contribution in [3.05, 3.63) is 65.7 Å². The molecule has 8 nitrogen and oxygen atoms in total. The van der Waals surface area contributed by atoms with Crippen molar-refractivity contribution in [1.82, 2.24) is 20.7 Å². The minimum Gasteiger partial charge on any atom is -0.497 e. The van der Waals surface area contributed by atoms with Gasteiger partial charge in [0.05, 0.1) is 13.7 Å². The topological polar surface area (TPSA) is 91.0 Å². The fraction of sp³-hybridized carbons (Fsp3) is 0.400. The number of urea groups is 1. The van der Waals surface area contributed by atoms with Gasteiger partial charge in [0.25, 0.3) is 11.8 Å². The van der Waals surface area contributed by atoms with Gasteiger partial charge in [-0.05, 0) is 49.6 Å². The molecule has 2 aromatic rings. The molecule has 2 aromatic carbocycles. The highest BCUT2D eigenvalue weighted by molar-refractivity contribution is 6.08. The van der Waals surface area contributed by atoms with Gasteiger partial charge in [-0.15, -0.1) is 0 Å². The number of benzene rings is 2. The molecule has 2 atom stereocenters. The standard InChI is InChI=1S/C25H30N4O4/c1-25(19-9-5-3-6-10-19)23(31)29(24(32)26-25)27-22(30)17-28-16-8-4-7-11-21(28)18-12-14-20(33-2)15-13-18/h3,5-6,9-10,12-15,21H,4,7-8,11,16-17H2,1-2H3,(H,26,32)(H,27,30)/t21-,25-/m0/s1. The summed E-state index contributed by atoms with van der Waals surface area (Å²) in [6.45, 7) is 2.50. The fourth-order valence-electron chi connectivity index (χ4n) is 4.61. The normalized spacial score (nSPS) is 23.7. The highest BCUT2D eigenvalue weighted by Crippen LogP contribution is 2.31. The number of carbonyl (C=O) groups is 3. The number of hydrogen-bond donors (Lipinski definition) is 2. The first-order valence-corrected chi connectivity index (χ1v) is 11.3. The van der Waals surface area contributed by atoms with Crippen molar-refractivity contribution in [2.24, 2.45) is 0 Å². The molecule has 8 heteroatoms. The van der Waals surface area contributed by atoms with Crippen LogP contribution in [0.15, 0.2) is 54.6 Å². The lowest BCUT2D eigenvalue weighted by Crippen LogP contribution is -2.51. The number of rotatable bonds is 6. The van der Waals surface area contributed by atoms with Crippen LogP contribution in [0.4, 0.5) is 4.79 Å². The second-order valence-corrected chi connectivity index (χ2v) is 8.71. The van der Waals surface area contributed by atoms with Crippen LogP contribution in [0.1, 0.15) is 49.8 Å². The zero-order valence-electron chi connectivity index (χ0n) is 19.0. The van der Waals surface area contributed by atoms with Gasteiger partial charge in [-0.3, -0.25) is 19.9 Å². The van der Waals surface area contributed by atoms with E-state index in [0.29, 0.717) is 5.56 Å². The van der Waals surface area contributed by atoms with E-state index in [9.17, 15) is 14.4 Å². The summed E-state index contributed by atoms with van der Waals surface area (Å²) in [4.78, 5) is 40.7. The first kappa shape index (κ1) is 22.8. The molecule has 0 unspecified atom stereocenters. The number of nitrogens with zero attached hydrogens (tertiary/aromatic N) is 2. The number of imide groups is 1. The summed E-state index contributed by atoms with van der Waals surface area (Å²) in [5, 5.41) is 3.51. The summed E-state index contributed by atoms with van der Waals surface area (Å²) in [5.41, 5.74) is 3.09. The molecule has 174 valence electrons. The third-order valence-corrected chi connectivity index (χ3v) is 6.49. The average molecular weight is 451 g/mol. The highest BCUT2D eigenvalue weighted by Gasteiger charge is 2.50. The molecule has 2 saturated heterocycles. The van der Waals surface area contributed by atoms with Crippen LogP contribution in [-0.2, 0) is 15.1 Å². The van der Waals surface area contributed by atoms with E-state index in [1.807, 2.05) is 30.3 Å². The van der Waals surface area contributed by atoms with E-state index in [-0.39, 0.29) is 12.6 Å². The van der Waals surface area contributed by atoms with Crippen molar-refractivity contribution < 1.29 is 19.1 Å². The van der Waals surface area contributed by atoms with Gasteiger partial charge in [-0.2, -0.15) is 5.01 Å². The molecule has 2 aliphatic heterocycles. The Bertz CT molecular complexity index is 1010. The molecule has 0 bridgehead atoms. The van der Waals surface area contributed by atoms with Crippen LogP contribution in [0.25, 0.3) is 0 Å². The molecule has 4 amide bonds. The van der Waals surface area contributed by atoms with E-state index in [2.05, 4.69) is 15.6 Å². The SMILES string of the molecule is COc1ccc([C@@H]2CCCCCN2CC(=O)NN2C(=O)N[C@@](C)(c3ccccc3)C2=O)cc1. The van der Waals surface area contributed by atoms with E-state index in [1.165, 1.54) is 0 Å². The summed E-state index contributed by atoms with van der Waals surface area (Å²) in [6, 6.07) is 16.4. The zero-order valence-corrected chi connectivity index (χ0v) is 19.0. The molecule has 0 aromatic heterocycles. The maximum atomic E-state index is 13.1. The Morgan fingerprint density at radius 3 is 2.52 bits per heavy atom. The lowest BCUT2D eigenvalue weighted by molar-refractivity contribution is -0.139. The van der Waals surface area contributed by atoms with Crippen LogP contribution in [0, 0.1) is 0 Å². The van der Waals surface area contributed by atoms with Gasteiger partial charge in [0.1, 0.15) is 11.3 Å². The summed E-state index contributed by atoms with van der Waals surface area (Å²) in [6.07, 6.45) is 4.12. The average Bonchev–Trinajstić information content (AvgIpc) is 2.98. The van der Waals surface area contributed by atoms with Crippen molar-refractivity contribution in [2.75, 3.05) is 20.2 Å². The molecule has 33 heavy (non-hydrogen) atoms. The van der Waals surface area contributed by atoms with Crippen molar-refractivity contribution in [1.29, 1.82) is 0 Å². The Balaban J connectivity index is 1.46. The number of amides is 4. The summed E-state index contributed by atoms with van der Waals surface area (Å²) in [7, 11) is 1.63. The lowest BCUT2D eigenvalue weighted by atomic mass is 9.92. The molecule has 0 spiro atoms. The van der Waals surface area contributed by atoms with Crippen molar-refractivity contribution in [2.45, 2.75) is 44.2 Å². The molecule has 4 rings (SSSR count). The van der Waals surface area contributed by atoms with Gasteiger partial charge in [0.15, 0.2) is 0 Å². The number of hydrazine groups is 1. The third-order valence-electron chi connectivity index (χ3n) is 6.49. The molecule has 2 N–H and O–H groups in total. The summed E-state index contributed by atoms with van der Waals surface area (Å²) >= 11 is 0. The third kappa shape index (κ3) is 4.71. The molecular formula is C25H30N4O4. The van der Waals surface area contributed by atoms with Gasteiger partial charge in [0.2, 0.25) is 0 Å². The molecular weight excluding hydrogens is 420 g/mol. The quantitative estimate of drug-likeness (QED) is 0.660. The smallest absolute Gasteiger partial charge is 0.344 e. The second-order valence-electron chi connectivity index (χ2n) is 8.71. The number of ether oxygens (including phenoxy) is 1. The van der Waals surface area contributed by atoms with E-state index >= 15 is 0 Å². The van der Waals surface area contributed by atoms with Crippen molar-refractivity contribution in [3.8, 4) is 5.75 Å². The van der Waals surface area contributed by atoms with Crippen LogP contribution in [0.5, 0.6) is 5.75 Å². The van der Waals surface area contributed by atoms with Crippen LogP contribution in [0.2, 0.25) is 0 Å². The van der Waals surface area contributed by atoms with Crippen LogP contribution >= 0.6 is 0 Å². The van der Waals surface area contributed by atoms with E-state index in [0.717, 1.165) is 48.5 Å². The summed E-state index contributed by atoms with van der Waals surface area (Å²) < 4.78 is 5.26. The number of hydrogen-bond acceptors (Lipinski definition) is 5. The van der Waals surface area contributed by atoms with Crippen LogP contribution in [-0.4, -0.2) is 48.0 Å². The number of carbonyl (C=O) groups excluding carboxylic acids is 3. The first-order chi connectivity index (χ1) is 15.9. The Hall–Kier alpha value is -3.39. The molecule has 0 radical (unpaired) electrons. The predicted octanol–water partition coefficient (Wildman–Crippen LogP) is 3.11. The summed E-state index contributed by atoms with van der Waals surface area (Å²) in [5.74, 6) is -0.109. The second kappa shape index (κ2) is 9.62. The van der Waals surface area contributed by atoms with Gasteiger partial charge < -0.3 is 10.1 Å². The number of methoxy groups -OCH3 is 1. The van der Waals surface area contributed by atoms with E-state index < -0.39 is 23.4 Å². The van der Waals surface area contributed by atoms with Crippen molar-refractivity contribution >= 4 is 17.8 Å². The van der Waals surface area contributed by atoms with Crippen LogP contribution in [0.3, 0.4) is 0 Å². The van der Waals surface area contributed by atoms with Gasteiger partial charge in [-0.1, -0.05) is 55.3 Å². The van der Waals surface area contributed by atoms with Gasteiger partial charge in [0, 0.05) is 6.04 Å². The van der Waals surface area contributed by atoms with Gasteiger partial charge >= 0.3 is 6.03 Å². The first-order valence-electron chi connectivity index (χ1n) is 11.3. The molecule has 0 aliphatic carbocycles. The maximum absolute atomic E-state index is 13.1. The molecule has 0 saturated carbocycles. The zero-order chi connectivity index (χ0) is 23.4. The Morgan fingerprint density at radius 2 is 1.82 bits per heavy atom. The Kier molecular flexibility index (Phi) is 6.65. The molecule has 2 aliphatic rings. The monoisotopic (exact) mass is 450 g/mol. The van der Waals surface area contributed by atoms with E-state index in [1.54, 1.807) is 38.3 Å². The largest absolute Gasteiger partial charge is 0.497 e. The molecule has 2 heterocycles. The number of likely N-dealkylation sites (tertiary alicyclic amines) is 1. The molecule has 2 fully saturated rings. The van der Waals surface area contributed by atoms with Crippen molar-refractivity contribution in [3.63, 3.8) is 0 Å². The van der Waals surface area contributed by atoms with Crippen LogP contribution < -0.4 is 15.5 Å². The van der Waals surface area contributed by atoms with Gasteiger partial charge in [-0.25, -0.2) is 4.79 Å². The fourth-order valence-corrected chi connectivity index (χ4v) is 4.61. The maximum Gasteiger partial charge on any atom is 0.344 e. The van der Waals surface area contributed by atoms with E-state index in [4.69, 9.17) is 4.74 Å². The Labute approximate surface area is 193 Å². The predicted molar refractivity (Wildman–Crippen MR) is 123 cm³/mol. The minimum absolute atomic E-state index is 0.0850. The minimum atomic E-state index is -1.22. The highest BCUT2D eigenvalue weighted by atomic mass is 16.5.